The van der Waals surface area contributed by atoms with E-state index in [0.29, 0.717) is 17.8 Å². The van der Waals surface area contributed by atoms with Crippen LogP contribution in [0.4, 0.5) is 5.69 Å². The van der Waals surface area contributed by atoms with Gasteiger partial charge in [-0.2, -0.15) is 0 Å². The van der Waals surface area contributed by atoms with Gasteiger partial charge in [-0.3, -0.25) is 9.52 Å². The normalized spacial score (nSPS) is 16.9. The average molecular weight is 413 g/mol. The highest BCUT2D eigenvalue weighted by atomic mass is 32.2. The molecular weight excluding hydrogens is 392 g/mol. The minimum Gasteiger partial charge on any atom is -0.331 e. The largest absolute Gasteiger partial charge is 0.331 e. The van der Waals surface area contributed by atoms with Crippen LogP contribution in [-0.2, 0) is 10.0 Å². The van der Waals surface area contributed by atoms with Crippen LogP contribution in [0.3, 0.4) is 0 Å². The van der Waals surface area contributed by atoms with Gasteiger partial charge >= 0.3 is 0 Å². The second-order valence-electron chi connectivity index (χ2n) is 6.67. The van der Waals surface area contributed by atoms with E-state index in [9.17, 15) is 13.2 Å². The molecule has 1 N–H and O–H groups in total. The molecule has 3 aromatic rings. The fourth-order valence-corrected chi connectivity index (χ4v) is 5.43. The highest BCUT2D eigenvalue weighted by molar-refractivity contribution is 7.92. The molecular formula is C21H20N2O3S2. The van der Waals surface area contributed by atoms with Crippen molar-refractivity contribution in [3.63, 3.8) is 0 Å². The molecule has 0 aliphatic carbocycles. The Hall–Kier alpha value is -2.64. The maximum absolute atomic E-state index is 13.1. The number of likely N-dealkylation sites (tertiary alicyclic amines) is 1. The summed E-state index contributed by atoms with van der Waals surface area (Å²) in [5, 5.41) is 2.02. The van der Waals surface area contributed by atoms with E-state index in [1.54, 1.807) is 53.8 Å². The predicted molar refractivity (Wildman–Crippen MR) is 111 cm³/mol. The lowest BCUT2D eigenvalue weighted by Gasteiger charge is -2.24. The van der Waals surface area contributed by atoms with Crippen molar-refractivity contribution in [3.05, 3.63) is 82.6 Å². The van der Waals surface area contributed by atoms with E-state index in [-0.39, 0.29) is 16.8 Å². The molecule has 1 aliphatic rings. The van der Waals surface area contributed by atoms with E-state index in [4.69, 9.17) is 0 Å². The molecule has 1 atom stereocenters. The number of hydrogen-bond acceptors (Lipinski definition) is 4. The van der Waals surface area contributed by atoms with Gasteiger partial charge in [0.1, 0.15) is 0 Å². The molecule has 5 nitrogen and oxygen atoms in total. The molecule has 0 saturated carbocycles. The number of benzene rings is 2. The minimum atomic E-state index is -3.69. The predicted octanol–water partition coefficient (Wildman–Crippen LogP) is 4.53. The third kappa shape index (κ3) is 3.81. The van der Waals surface area contributed by atoms with Gasteiger partial charge in [-0.05, 0) is 54.6 Å². The molecule has 1 amide bonds. The summed E-state index contributed by atoms with van der Waals surface area (Å²) in [5.41, 5.74) is 0.860. The molecule has 0 spiro atoms. The number of amides is 1. The van der Waals surface area contributed by atoms with Crippen molar-refractivity contribution in [1.29, 1.82) is 0 Å². The SMILES string of the molecule is O=C(c1cccc(NS(=O)(=O)c2ccccc2)c1)N1CCCC1c1cccs1. The van der Waals surface area contributed by atoms with Crippen LogP contribution in [0.5, 0.6) is 0 Å². The number of rotatable bonds is 5. The fraction of sp³-hybridized carbons (Fsp3) is 0.190. The van der Waals surface area contributed by atoms with Crippen molar-refractivity contribution >= 4 is 33.0 Å². The highest BCUT2D eigenvalue weighted by Gasteiger charge is 2.31. The monoisotopic (exact) mass is 412 g/mol. The lowest BCUT2D eigenvalue weighted by Crippen LogP contribution is -2.30. The molecule has 144 valence electrons. The molecule has 2 aromatic carbocycles. The van der Waals surface area contributed by atoms with E-state index >= 15 is 0 Å². The highest BCUT2D eigenvalue weighted by Crippen LogP contribution is 2.35. The van der Waals surface area contributed by atoms with Gasteiger partial charge in [0.15, 0.2) is 0 Å². The van der Waals surface area contributed by atoms with Crippen molar-refractivity contribution in [2.75, 3.05) is 11.3 Å². The van der Waals surface area contributed by atoms with Crippen molar-refractivity contribution in [1.82, 2.24) is 4.90 Å². The van der Waals surface area contributed by atoms with Gasteiger partial charge in [-0.1, -0.05) is 30.3 Å². The zero-order valence-electron chi connectivity index (χ0n) is 15.1. The van der Waals surface area contributed by atoms with Gasteiger partial charge in [-0.15, -0.1) is 11.3 Å². The number of sulfonamides is 1. The van der Waals surface area contributed by atoms with Crippen LogP contribution in [0.2, 0.25) is 0 Å². The van der Waals surface area contributed by atoms with Crippen molar-refractivity contribution in [3.8, 4) is 0 Å². The maximum Gasteiger partial charge on any atom is 0.261 e. The van der Waals surface area contributed by atoms with Gasteiger partial charge in [0.25, 0.3) is 15.9 Å². The first-order valence-electron chi connectivity index (χ1n) is 9.07. The van der Waals surface area contributed by atoms with Gasteiger partial charge in [0.2, 0.25) is 0 Å². The topological polar surface area (TPSA) is 66.5 Å². The first-order valence-corrected chi connectivity index (χ1v) is 11.4. The van der Waals surface area contributed by atoms with Gasteiger partial charge < -0.3 is 4.90 Å². The van der Waals surface area contributed by atoms with Crippen LogP contribution >= 0.6 is 11.3 Å². The number of anilines is 1. The van der Waals surface area contributed by atoms with E-state index in [1.807, 2.05) is 16.3 Å². The number of carbonyl (C=O) groups is 1. The Balaban J connectivity index is 1.56. The summed E-state index contributed by atoms with van der Waals surface area (Å²) in [6.07, 6.45) is 1.92. The van der Waals surface area contributed by atoms with Gasteiger partial charge in [0.05, 0.1) is 10.9 Å². The smallest absolute Gasteiger partial charge is 0.261 e. The molecule has 28 heavy (non-hydrogen) atoms. The zero-order chi connectivity index (χ0) is 19.6. The second-order valence-corrected chi connectivity index (χ2v) is 9.33. The molecule has 1 aromatic heterocycles. The second kappa shape index (κ2) is 7.77. The molecule has 1 saturated heterocycles. The Bertz CT molecular complexity index is 1060. The molecule has 2 heterocycles. The Morgan fingerprint density at radius 2 is 1.86 bits per heavy atom. The molecule has 1 fully saturated rings. The van der Waals surface area contributed by atoms with Crippen LogP contribution in [0.1, 0.15) is 34.1 Å². The summed E-state index contributed by atoms with van der Waals surface area (Å²) in [6, 6.07) is 19.0. The van der Waals surface area contributed by atoms with Crippen molar-refractivity contribution in [2.24, 2.45) is 0 Å². The minimum absolute atomic E-state index is 0.0725. The Morgan fingerprint density at radius 3 is 2.61 bits per heavy atom. The zero-order valence-corrected chi connectivity index (χ0v) is 16.7. The van der Waals surface area contributed by atoms with E-state index < -0.39 is 10.0 Å². The summed E-state index contributed by atoms with van der Waals surface area (Å²) in [7, 11) is -3.69. The summed E-state index contributed by atoms with van der Waals surface area (Å²) in [6.45, 7) is 0.710. The third-order valence-electron chi connectivity index (χ3n) is 4.80. The van der Waals surface area contributed by atoms with Crippen LogP contribution in [0.25, 0.3) is 0 Å². The molecule has 1 unspecified atom stereocenters. The summed E-state index contributed by atoms with van der Waals surface area (Å²) in [4.78, 5) is 16.4. The molecule has 0 radical (unpaired) electrons. The van der Waals surface area contributed by atoms with Crippen LogP contribution in [0.15, 0.2) is 77.0 Å². The van der Waals surface area contributed by atoms with Crippen molar-refractivity contribution < 1.29 is 13.2 Å². The maximum atomic E-state index is 13.1. The number of nitrogens with one attached hydrogen (secondary N) is 1. The molecule has 0 bridgehead atoms. The summed E-state index contributed by atoms with van der Waals surface area (Å²) in [5.74, 6) is -0.0725. The lowest BCUT2D eigenvalue weighted by atomic mass is 10.1. The van der Waals surface area contributed by atoms with E-state index in [1.165, 1.54) is 17.0 Å². The standard InChI is InChI=1S/C21H20N2O3S2/c24-21(23-13-5-11-19(23)20-12-6-14-27-20)16-7-4-8-17(15-16)22-28(25,26)18-9-2-1-3-10-18/h1-4,6-10,12,14-15,19,22H,5,11,13H2. The molecule has 4 rings (SSSR count). The van der Waals surface area contributed by atoms with Crippen LogP contribution < -0.4 is 4.72 Å². The first kappa shape index (κ1) is 18.7. The van der Waals surface area contributed by atoms with Gasteiger partial charge in [0, 0.05) is 22.7 Å². The molecule has 7 heteroatoms. The summed E-state index contributed by atoms with van der Waals surface area (Å²) < 4.78 is 27.6. The Labute approximate surface area is 168 Å². The average Bonchev–Trinajstić information content (AvgIpc) is 3.39. The van der Waals surface area contributed by atoms with Gasteiger partial charge in [-0.25, -0.2) is 8.42 Å². The number of carbonyl (C=O) groups excluding carboxylic acids is 1. The Morgan fingerprint density at radius 1 is 1.04 bits per heavy atom. The quantitative estimate of drug-likeness (QED) is 0.670. The number of thiophene rings is 1. The van der Waals surface area contributed by atoms with E-state index in [0.717, 1.165) is 12.8 Å². The van der Waals surface area contributed by atoms with Crippen LogP contribution in [-0.4, -0.2) is 25.8 Å². The van der Waals surface area contributed by atoms with Crippen LogP contribution in [0, 0.1) is 0 Å². The lowest BCUT2D eigenvalue weighted by molar-refractivity contribution is 0.0738. The third-order valence-corrected chi connectivity index (χ3v) is 7.17. The van der Waals surface area contributed by atoms with E-state index in [2.05, 4.69) is 10.8 Å². The molecule has 1 aliphatic heterocycles. The Kier molecular flexibility index (Phi) is 5.19. The number of nitrogens with zero attached hydrogens (tertiary/aromatic N) is 1. The number of hydrogen-bond donors (Lipinski definition) is 1. The summed E-state index contributed by atoms with van der Waals surface area (Å²) >= 11 is 1.66. The first-order chi connectivity index (χ1) is 13.5. The fourth-order valence-electron chi connectivity index (χ4n) is 3.48. The van der Waals surface area contributed by atoms with Crippen molar-refractivity contribution in [2.45, 2.75) is 23.8 Å².